The molecule has 17 heavy (non-hydrogen) atoms. The number of nitrogens with one attached hydrogen (secondary N) is 1. The lowest BCUT2D eigenvalue weighted by Crippen LogP contribution is -2.37. The summed E-state index contributed by atoms with van der Waals surface area (Å²) in [6, 6.07) is 6.92. The van der Waals surface area contributed by atoms with Crippen LogP contribution >= 0.6 is 0 Å². The summed E-state index contributed by atoms with van der Waals surface area (Å²) in [5.74, 6) is 0.589. The molecule has 4 nitrogen and oxygen atoms in total. The lowest BCUT2D eigenvalue weighted by Gasteiger charge is -2.11. The number of benzene rings is 1. The van der Waals surface area contributed by atoms with Crippen molar-refractivity contribution in [1.29, 1.82) is 0 Å². The van der Waals surface area contributed by atoms with Crippen molar-refractivity contribution in [3.05, 3.63) is 42.5 Å². The zero-order valence-corrected chi connectivity index (χ0v) is 9.98. The summed E-state index contributed by atoms with van der Waals surface area (Å²) < 4.78 is 5.32. The van der Waals surface area contributed by atoms with Crippen LogP contribution in [-0.2, 0) is 0 Å². The molecule has 0 spiro atoms. The molecular formula is C13H18N2O2. The van der Waals surface area contributed by atoms with Crippen LogP contribution in [0.4, 0.5) is 0 Å². The number of hydrogen-bond donors (Lipinski definition) is 2. The number of carbonyl (C=O) groups is 1. The maximum Gasteiger partial charge on any atom is 0.251 e. The smallest absolute Gasteiger partial charge is 0.251 e. The zero-order valence-electron chi connectivity index (χ0n) is 9.98. The van der Waals surface area contributed by atoms with Gasteiger partial charge in [-0.25, -0.2) is 0 Å². The van der Waals surface area contributed by atoms with E-state index in [4.69, 9.17) is 10.5 Å². The van der Waals surface area contributed by atoms with Crippen molar-refractivity contribution in [3.8, 4) is 5.75 Å². The van der Waals surface area contributed by atoms with E-state index < -0.39 is 0 Å². The third kappa shape index (κ3) is 4.28. The Kier molecular flexibility index (Phi) is 5.23. The van der Waals surface area contributed by atoms with Gasteiger partial charge in [-0.15, -0.1) is 0 Å². The van der Waals surface area contributed by atoms with E-state index in [9.17, 15) is 4.79 Å². The molecule has 0 fully saturated rings. The van der Waals surface area contributed by atoms with Gasteiger partial charge in [-0.2, -0.15) is 0 Å². The largest absolute Gasteiger partial charge is 0.490 e. The fourth-order valence-electron chi connectivity index (χ4n) is 1.22. The number of nitrogens with two attached hydrogens (primary N) is 1. The number of ether oxygens (including phenoxy) is 1. The Morgan fingerprint density at radius 3 is 2.71 bits per heavy atom. The molecule has 92 valence electrons. The van der Waals surface area contributed by atoms with Gasteiger partial charge in [-0.3, -0.25) is 4.79 Å². The van der Waals surface area contributed by atoms with Gasteiger partial charge in [0.2, 0.25) is 0 Å². The van der Waals surface area contributed by atoms with Crippen LogP contribution in [0.5, 0.6) is 5.75 Å². The molecular weight excluding hydrogens is 216 g/mol. The van der Waals surface area contributed by atoms with Crippen LogP contribution in [0.3, 0.4) is 0 Å². The van der Waals surface area contributed by atoms with Crippen molar-refractivity contribution in [2.75, 3.05) is 13.2 Å². The van der Waals surface area contributed by atoms with Gasteiger partial charge in [0.15, 0.2) is 0 Å². The lowest BCUT2D eigenvalue weighted by atomic mass is 10.2. The molecule has 4 heteroatoms. The number of rotatable bonds is 6. The Labute approximate surface area is 101 Å². The normalized spacial score (nSPS) is 11.6. The third-order valence-corrected chi connectivity index (χ3v) is 2.22. The summed E-state index contributed by atoms with van der Waals surface area (Å²) in [6.45, 7) is 6.30. The minimum atomic E-state index is -0.127. The SMILES string of the molecule is C=CCOc1ccc(C(=O)N[C@@H](C)CN)cc1. The highest BCUT2D eigenvalue weighted by atomic mass is 16.5. The minimum absolute atomic E-state index is 0.0285. The van der Waals surface area contributed by atoms with Gasteiger partial charge in [0.05, 0.1) is 0 Å². The molecule has 1 aromatic rings. The van der Waals surface area contributed by atoms with Crippen LogP contribution in [0, 0.1) is 0 Å². The number of amides is 1. The van der Waals surface area contributed by atoms with E-state index in [1.807, 2.05) is 6.92 Å². The zero-order chi connectivity index (χ0) is 12.7. The first-order valence-corrected chi connectivity index (χ1v) is 5.52. The Morgan fingerprint density at radius 2 is 2.18 bits per heavy atom. The van der Waals surface area contributed by atoms with Gasteiger partial charge in [0, 0.05) is 18.2 Å². The molecule has 0 saturated carbocycles. The predicted octanol–water partition coefficient (Wildman–Crippen LogP) is 1.33. The van der Waals surface area contributed by atoms with Gasteiger partial charge in [0.1, 0.15) is 12.4 Å². The molecule has 1 amide bonds. The molecule has 0 saturated heterocycles. The molecule has 1 rings (SSSR count). The van der Waals surface area contributed by atoms with E-state index >= 15 is 0 Å². The van der Waals surface area contributed by atoms with Crippen LogP contribution in [0.15, 0.2) is 36.9 Å². The van der Waals surface area contributed by atoms with Crippen LogP contribution in [0.2, 0.25) is 0 Å². The predicted molar refractivity (Wildman–Crippen MR) is 68.1 cm³/mol. The molecule has 0 aliphatic rings. The highest BCUT2D eigenvalue weighted by Gasteiger charge is 2.08. The molecule has 0 aliphatic heterocycles. The second-order valence-corrected chi connectivity index (χ2v) is 3.73. The Bertz CT molecular complexity index is 374. The molecule has 3 N–H and O–H groups in total. The fourth-order valence-corrected chi connectivity index (χ4v) is 1.22. The van der Waals surface area contributed by atoms with Crippen LogP contribution in [0.25, 0.3) is 0 Å². The van der Waals surface area contributed by atoms with Crippen LogP contribution in [-0.4, -0.2) is 25.1 Å². The molecule has 0 aliphatic carbocycles. The van der Waals surface area contributed by atoms with Crippen molar-refractivity contribution in [2.45, 2.75) is 13.0 Å². The van der Waals surface area contributed by atoms with Crippen molar-refractivity contribution < 1.29 is 9.53 Å². The van der Waals surface area contributed by atoms with E-state index in [-0.39, 0.29) is 11.9 Å². The second-order valence-electron chi connectivity index (χ2n) is 3.73. The Morgan fingerprint density at radius 1 is 1.53 bits per heavy atom. The van der Waals surface area contributed by atoms with Crippen molar-refractivity contribution in [3.63, 3.8) is 0 Å². The summed E-state index contributed by atoms with van der Waals surface area (Å²) in [6.07, 6.45) is 1.67. The number of carbonyl (C=O) groups excluding carboxylic acids is 1. The molecule has 0 aromatic heterocycles. The summed E-state index contributed by atoms with van der Waals surface area (Å²) in [5.41, 5.74) is 6.03. The van der Waals surface area contributed by atoms with E-state index in [0.717, 1.165) is 0 Å². The standard InChI is InChI=1S/C13H18N2O2/c1-3-8-17-12-6-4-11(5-7-12)13(16)15-10(2)9-14/h3-7,10H,1,8-9,14H2,2H3,(H,15,16)/t10-/m0/s1. The summed E-state index contributed by atoms with van der Waals surface area (Å²) >= 11 is 0. The van der Waals surface area contributed by atoms with Crippen molar-refractivity contribution in [2.24, 2.45) is 5.73 Å². The quantitative estimate of drug-likeness (QED) is 0.730. The first-order valence-electron chi connectivity index (χ1n) is 5.52. The molecule has 0 bridgehead atoms. The van der Waals surface area contributed by atoms with Crippen molar-refractivity contribution >= 4 is 5.91 Å². The van der Waals surface area contributed by atoms with E-state index in [2.05, 4.69) is 11.9 Å². The molecule has 1 atom stereocenters. The first kappa shape index (κ1) is 13.3. The Hall–Kier alpha value is -1.81. The number of hydrogen-bond acceptors (Lipinski definition) is 3. The molecule has 1 aromatic carbocycles. The molecule has 0 unspecified atom stereocenters. The Balaban J connectivity index is 2.60. The molecule has 0 heterocycles. The maximum absolute atomic E-state index is 11.7. The van der Waals surface area contributed by atoms with E-state index in [1.54, 1.807) is 30.3 Å². The second kappa shape index (κ2) is 6.70. The fraction of sp³-hybridized carbons (Fsp3) is 0.308. The van der Waals surface area contributed by atoms with Gasteiger partial charge in [-0.1, -0.05) is 12.7 Å². The highest BCUT2D eigenvalue weighted by Crippen LogP contribution is 2.12. The first-order chi connectivity index (χ1) is 8.17. The average Bonchev–Trinajstić information content (AvgIpc) is 2.36. The highest BCUT2D eigenvalue weighted by molar-refractivity contribution is 5.94. The lowest BCUT2D eigenvalue weighted by molar-refractivity contribution is 0.0941. The topological polar surface area (TPSA) is 64.3 Å². The van der Waals surface area contributed by atoms with Gasteiger partial charge < -0.3 is 15.8 Å². The summed E-state index contributed by atoms with van der Waals surface area (Å²) in [4.78, 5) is 11.7. The van der Waals surface area contributed by atoms with Gasteiger partial charge in [-0.05, 0) is 31.2 Å². The van der Waals surface area contributed by atoms with E-state index in [1.165, 1.54) is 0 Å². The summed E-state index contributed by atoms with van der Waals surface area (Å²) in [5, 5.41) is 2.79. The average molecular weight is 234 g/mol. The van der Waals surface area contributed by atoms with Crippen LogP contribution in [0.1, 0.15) is 17.3 Å². The van der Waals surface area contributed by atoms with E-state index in [0.29, 0.717) is 24.5 Å². The summed E-state index contributed by atoms with van der Waals surface area (Å²) in [7, 11) is 0. The minimum Gasteiger partial charge on any atom is -0.490 e. The van der Waals surface area contributed by atoms with Gasteiger partial charge in [0.25, 0.3) is 5.91 Å². The monoisotopic (exact) mass is 234 g/mol. The van der Waals surface area contributed by atoms with Gasteiger partial charge >= 0.3 is 0 Å². The van der Waals surface area contributed by atoms with Crippen LogP contribution < -0.4 is 15.8 Å². The molecule has 0 radical (unpaired) electrons. The third-order valence-electron chi connectivity index (χ3n) is 2.22. The van der Waals surface area contributed by atoms with Crippen molar-refractivity contribution in [1.82, 2.24) is 5.32 Å². The maximum atomic E-state index is 11.7.